The third kappa shape index (κ3) is 5.68. The van der Waals surface area contributed by atoms with Gasteiger partial charge in [0, 0.05) is 42.7 Å². The minimum Gasteiger partial charge on any atom is -0.444 e. The van der Waals surface area contributed by atoms with E-state index < -0.39 is 5.60 Å². The monoisotopic (exact) mass is 545 g/mol. The molecule has 1 aromatic carbocycles. The molecule has 3 aromatic heterocycles. The molecule has 1 aliphatic heterocycles. The van der Waals surface area contributed by atoms with Crippen molar-refractivity contribution in [1.29, 1.82) is 0 Å². The number of ether oxygens (including phenoxy) is 1. The minimum absolute atomic E-state index is 0.0206. The summed E-state index contributed by atoms with van der Waals surface area (Å²) in [7, 11) is 0. The van der Waals surface area contributed by atoms with Gasteiger partial charge in [0.05, 0.1) is 11.2 Å². The average Bonchev–Trinajstić information content (AvgIpc) is 3.48. The van der Waals surface area contributed by atoms with Gasteiger partial charge in [0.2, 0.25) is 5.89 Å². The maximum absolute atomic E-state index is 12.6. The molecule has 4 aromatic rings. The van der Waals surface area contributed by atoms with Crippen LogP contribution in [-0.2, 0) is 16.7 Å². The second-order valence-electron chi connectivity index (χ2n) is 12.3. The molecule has 1 aliphatic rings. The number of likely N-dealkylation sites (tertiary alicyclic amines) is 1. The first kappa shape index (κ1) is 27.3. The van der Waals surface area contributed by atoms with Gasteiger partial charge in [-0.05, 0) is 56.5 Å². The van der Waals surface area contributed by atoms with Crippen molar-refractivity contribution < 1.29 is 18.8 Å². The molecule has 40 heavy (non-hydrogen) atoms. The third-order valence-electron chi connectivity index (χ3n) is 6.76. The van der Waals surface area contributed by atoms with Gasteiger partial charge in [0.25, 0.3) is 11.7 Å². The molecule has 0 bridgehead atoms. The van der Waals surface area contributed by atoms with Gasteiger partial charge in [0.1, 0.15) is 11.9 Å². The average molecular weight is 546 g/mol. The summed E-state index contributed by atoms with van der Waals surface area (Å²) in [5, 5.41) is 11.1. The molecule has 0 saturated carbocycles. The SMILES string of the molecule is Cc1cc(-c2ncnn3cc(C4CN(C(=O)OC(C)(C)C)C4)cc23)ccc1CNC(=O)c1noc(C(C)(C)C)n1. The Morgan fingerprint density at radius 1 is 1.12 bits per heavy atom. The highest BCUT2D eigenvalue weighted by atomic mass is 16.6. The Balaban J connectivity index is 1.27. The molecule has 2 amide bonds. The number of carbonyl (C=O) groups is 2. The summed E-state index contributed by atoms with van der Waals surface area (Å²) in [4.78, 5) is 35.4. The first-order chi connectivity index (χ1) is 18.8. The predicted molar refractivity (Wildman–Crippen MR) is 148 cm³/mol. The van der Waals surface area contributed by atoms with Gasteiger partial charge in [-0.15, -0.1) is 0 Å². The van der Waals surface area contributed by atoms with Crippen LogP contribution in [0.5, 0.6) is 0 Å². The van der Waals surface area contributed by atoms with Crippen molar-refractivity contribution in [1.82, 2.24) is 35.0 Å². The van der Waals surface area contributed by atoms with Crippen LogP contribution in [0, 0.1) is 6.92 Å². The molecule has 0 atom stereocenters. The number of fused-ring (bicyclic) bond motifs is 1. The lowest BCUT2D eigenvalue weighted by molar-refractivity contribution is 0.00819. The van der Waals surface area contributed by atoms with E-state index >= 15 is 0 Å². The highest BCUT2D eigenvalue weighted by Crippen LogP contribution is 2.32. The van der Waals surface area contributed by atoms with Gasteiger partial charge < -0.3 is 19.5 Å². The number of aromatic nitrogens is 5. The molecule has 5 rings (SSSR count). The van der Waals surface area contributed by atoms with Crippen molar-refractivity contribution in [3.8, 4) is 11.3 Å². The molecule has 1 N–H and O–H groups in total. The van der Waals surface area contributed by atoms with Crippen LogP contribution in [0.1, 0.15) is 80.7 Å². The lowest BCUT2D eigenvalue weighted by Gasteiger charge is -2.39. The Morgan fingerprint density at radius 3 is 2.52 bits per heavy atom. The van der Waals surface area contributed by atoms with E-state index in [-0.39, 0.29) is 29.2 Å². The van der Waals surface area contributed by atoms with E-state index in [1.54, 1.807) is 11.2 Å². The van der Waals surface area contributed by atoms with Gasteiger partial charge in [-0.3, -0.25) is 4.79 Å². The van der Waals surface area contributed by atoms with Crippen LogP contribution in [0.2, 0.25) is 0 Å². The van der Waals surface area contributed by atoms with Crippen molar-refractivity contribution in [3.05, 3.63) is 65.2 Å². The molecule has 0 aliphatic carbocycles. The quantitative estimate of drug-likeness (QED) is 0.384. The molecule has 210 valence electrons. The Bertz CT molecular complexity index is 1570. The number of aryl methyl sites for hydroxylation is 1. The Labute approximate surface area is 232 Å². The summed E-state index contributed by atoms with van der Waals surface area (Å²) in [6.07, 6.45) is 3.25. The fourth-order valence-corrected chi connectivity index (χ4v) is 4.48. The minimum atomic E-state index is -0.513. The number of nitrogens with one attached hydrogen (secondary N) is 1. The summed E-state index contributed by atoms with van der Waals surface area (Å²) in [6, 6.07) is 8.11. The first-order valence-corrected chi connectivity index (χ1v) is 13.3. The number of rotatable bonds is 5. The molecule has 0 unspecified atom stereocenters. The zero-order valence-corrected chi connectivity index (χ0v) is 24.0. The van der Waals surface area contributed by atoms with Gasteiger partial charge in [-0.2, -0.15) is 10.1 Å². The Morgan fingerprint density at radius 2 is 1.88 bits per heavy atom. The van der Waals surface area contributed by atoms with Crippen LogP contribution in [-0.4, -0.2) is 60.3 Å². The molecular formula is C29H35N7O4. The van der Waals surface area contributed by atoms with E-state index in [0.717, 1.165) is 33.5 Å². The molecular weight excluding hydrogens is 510 g/mol. The van der Waals surface area contributed by atoms with E-state index in [9.17, 15) is 9.59 Å². The van der Waals surface area contributed by atoms with E-state index in [0.29, 0.717) is 25.5 Å². The highest BCUT2D eigenvalue weighted by Gasteiger charge is 2.35. The number of hydrogen-bond acceptors (Lipinski definition) is 8. The molecule has 11 nitrogen and oxygen atoms in total. The van der Waals surface area contributed by atoms with Crippen LogP contribution in [0.15, 0.2) is 41.3 Å². The number of benzene rings is 1. The van der Waals surface area contributed by atoms with Crippen LogP contribution >= 0.6 is 0 Å². The molecule has 0 spiro atoms. The summed E-state index contributed by atoms with van der Waals surface area (Å²) in [6.45, 7) is 15.0. The predicted octanol–water partition coefficient (Wildman–Crippen LogP) is 4.65. The topological polar surface area (TPSA) is 128 Å². The van der Waals surface area contributed by atoms with Crippen molar-refractivity contribution >= 4 is 17.5 Å². The zero-order chi connectivity index (χ0) is 28.8. The van der Waals surface area contributed by atoms with Gasteiger partial charge in [0.15, 0.2) is 0 Å². The van der Waals surface area contributed by atoms with Crippen LogP contribution in [0.25, 0.3) is 16.8 Å². The summed E-state index contributed by atoms with van der Waals surface area (Å²) in [5.74, 6) is 0.267. The molecule has 1 saturated heterocycles. The largest absolute Gasteiger partial charge is 0.444 e. The second kappa shape index (κ2) is 10.0. The summed E-state index contributed by atoms with van der Waals surface area (Å²) >= 11 is 0. The third-order valence-corrected chi connectivity index (χ3v) is 6.76. The fraction of sp³-hybridized carbons (Fsp3) is 0.448. The zero-order valence-electron chi connectivity index (χ0n) is 24.0. The van der Waals surface area contributed by atoms with Crippen LogP contribution in [0.4, 0.5) is 4.79 Å². The van der Waals surface area contributed by atoms with Gasteiger partial charge >= 0.3 is 6.09 Å². The van der Waals surface area contributed by atoms with Crippen molar-refractivity contribution in [2.75, 3.05) is 13.1 Å². The maximum atomic E-state index is 12.6. The van der Waals surface area contributed by atoms with Crippen LogP contribution in [0.3, 0.4) is 0 Å². The maximum Gasteiger partial charge on any atom is 0.410 e. The van der Waals surface area contributed by atoms with E-state index in [1.165, 1.54) is 0 Å². The number of carbonyl (C=O) groups excluding carboxylic acids is 2. The van der Waals surface area contributed by atoms with Crippen molar-refractivity contribution in [3.63, 3.8) is 0 Å². The molecule has 1 fully saturated rings. The standard InChI is InChI=1S/C29H35N7O4/c1-17-10-18(8-9-19(17)12-30-25(37)24-33-26(40-34-24)28(2,3)4)23-22-11-20(15-36(22)32-16-31-23)21-13-35(14-21)27(38)39-29(5,6)7/h8-11,15-16,21H,12-14H2,1-7H3,(H,30,37). The van der Waals surface area contributed by atoms with E-state index in [2.05, 4.69) is 37.7 Å². The number of nitrogens with zero attached hydrogens (tertiary/aromatic N) is 6. The summed E-state index contributed by atoms with van der Waals surface area (Å²) in [5.41, 5.74) is 4.89. The lowest BCUT2D eigenvalue weighted by atomic mass is 9.94. The highest BCUT2D eigenvalue weighted by molar-refractivity contribution is 5.90. The molecule has 11 heteroatoms. The van der Waals surface area contributed by atoms with Gasteiger partial charge in [-0.25, -0.2) is 14.3 Å². The van der Waals surface area contributed by atoms with Gasteiger partial charge in [-0.1, -0.05) is 38.1 Å². The van der Waals surface area contributed by atoms with Crippen molar-refractivity contribution in [2.45, 2.75) is 71.9 Å². The normalized spacial score (nSPS) is 14.3. The number of amides is 2. The smallest absolute Gasteiger partial charge is 0.410 e. The lowest BCUT2D eigenvalue weighted by Crippen LogP contribution is -2.50. The van der Waals surface area contributed by atoms with Crippen molar-refractivity contribution in [2.24, 2.45) is 0 Å². The summed E-state index contributed by atoms with van der Waals surface area (Å²) < 4.78 is 12.5. The van der Waals surface area contributed by atoms with E-state index in [1.807, 2.05) is 71.3 Å². The Kier molecular flexibility index (Phi) is 6.85. The Hall–Kier alpha value is -4.28. The fourth-order valence-electron chi connectivity index (χ4n) is 4.48. The first-order valence-electron chi connectivity index (χ1n) is 13.3. The molecule has 4 heterocycles. The number of hydrogen-bond donors (Lipinski definition) is 1. The molecule has 0 radical (unpaired) electrons. The van der Waals surface area contributed by atoms with Crippen LogP contribution < -0.4 is 5.32 Å². The second-order valence-corrected chi connectivity index (χ2v) is 12.3. The van der Waals surface area contributed by atoms with E-state index in [4.69, 9.17) is 9.26 Å².